The van der Waals surface area contributed by atoms with Crippen LogP contribution in [0.15, 0.2) is 21.3 Å². The Kier molecular flexibility index (Phi) is 5.62. The number of nitrogens with zero attached hydrogens (tertiary/aromatic N) is 1. The van der Waals surface area contributed by atoms with Crippen molar-refractivity contribution in [2.24, 2.45) is 5.92 Å². The quantitative estimate of drug-likeness (QED) is 0.776. The van der Waals surface area contributed by atoms with Crippen LogP contribution in [0.2, 0.25) is 0 Å². The van der Waals surface area contributed by atoms with Gasteiger partial charge in [-0.2, -0.15) is 0 Å². The van der Waals surface area contributed by atoms with Crippen molar-refractivity contribution in [3.8, 4) is 5.75 Å². The lowest BCUT2D eigenvalue weighted by Gasteiger charge is -2.47. The van der Waals surface area contributed by atoms with Crippen molar-refractivity contribution in [1.29, 1.82) is 0 Å². The van der Waals surface area contributed by atoms with Gasteiger partial charge in [-0.15, -0.1) is 0 Å². The maximum Gasteiger partial charge on any atom is 0.339 e. The minimum absolute atomic E-state index is 0.0485. The molecular weight excluding hydrogens is 382 g/mol. The summed E-state index contributed by atoms with van der Waals surface area (Å²) in [6.07, 6.45) is 5.32. The number of aryl methyl sites for hydroxylation is 2. The van der Waals surface area contributed by atoms with E-state index >= 15 is 0 Å². The molecule has 1 saturated heterocycles. The first kappa shape index (κ1) is 20.9. The lowest BCUT2D eigenvalue weighted by atomic mass is 9.71. The highest BCUT2D eigenvalue weighted by Gasteiger charge is 2.43. The Morgan fingerprint density at radius 3 is 2.83 bits per heavy atom. The molecule has 0 radical (unpaired) electrons. The predicted molar refractivity (Wildman–Crippen MR) is 115 cm³/mol. The van der Waals surface area contributed by atoms with Gasteiger partial charge in [0.25, 0.3) is 0 Å². The van der Waals surface area contributed by atoms with Gasteiger partial charge in [-0.25, -0.2) is 4.79 Å². The number of carbonyl (C=O) groups is 1. The van der Waals surface area contributed by atoms with Crippen molar-refractivity contribution in [3.63, 3.8) is 0 Å². The van der Waals surface area contributed by atoms with Gasteiger partial charge in [0.1, 0.15) is 11.3 Å². The molecule has 1 amide bonds. The van der Waals surface area contributed by atoms with Crippen LogP contribution in [0.5, 0.6) is 5.75 Å². The number of fused-ring (bicyclic) bond motifs is 2. The molecule has 4 rings (SSSR count). The lowest BCUT2D eigenvalue weighted by Crippen LogP contribution is -2.54. The second-order valence-electron chi connectivity index (χ2n) is 8.90. The molecule has 2 fully saturated rings. The molecule has 1 aromatic carbocycles. The Labute approximate surface area is 176 Å². The van der Waals surface area contributed by atoms with E-state index in [4.69, 9.17) is 9.15 Å². The van der Waals surface area contributed by atoms with Gasteiger partial charge >= 0.3 is 5.63 Å². The molecule has 0 spiro atoms. The van der Waals surface area contributed by atoms with E-state index < -0.39 is 5.60 Å². The third-order valence-electron chi connectivity index (χ3n) is 7.24. The van der Waals surface area contributed by atoms with Crippen LogP contribution in [0, 0.1) is 19.8 Å². The van der Waals surface area contributed by atoms with Crippen LogP contribution in [-0.2, 0) is 11.2 Å². The van der Waals surface area contributed by atoms with Crippen LogP contribution in [0.1, 0.15) is 55.2 Å². The molecule has 2 heterocycles. The molecule has 2 aliphatic rings. The number of hydrogen-bond donors (Lipinski definition) is 1. The molecule has 1 saturated carbocycles. The third-order valence-corrected chi connectivity index (χ3v) is 7.24. The summed E-state index contributed by atoms with van der Waals surface area (Å²) in [6, 6.07) is 3.78. The number of ether oxygens (including phenoxy) is 1. The van der Waals surface area contributed by atoms with E-state index in [1.165, 1.54) is 0 Å². The van der Waals surface area contributed by atoms with Crippen LogP contribution in [0.3, 0.4) is 0 Å². The van der Waals surface area contributed by atoms with E-state index in [2.05, 4.69) is 0 Å². The minimum atomic E-state index is -0.593. The fourth-order valence-corrected chi connectivity index (χ4v) is 5.27. The summed E-state index contributed by atoms with van der Waals surface area (Å²) in [6.45, 7) is 5.00. The Hall–Kier alpha value is -2.34. The Bertz CT molecular complexity index is 1030. The van der Waals surface area contributed by atoms with Gasteiger partial charge in [0.15, 0.2) is 0 Å². The summed E-state index contributed by atoms with van der Waals surface area (Å²) in [5.41, 5.74) is 1.78. The largest absolute Gasteiger partial charge is 0.496 e. The molecule has 162 valence electrons. The molecule has 1 N–H and O–H groups in total. The van der Waals surface area contributed by atoms with Crippen LogP contribution < -0.4 is 10.4 Å². The highest BCUT2D eigenvalue weighted by atomic mass is 16.5. The smallest absolute Gasteiger partial charge is 0.339 e. The van der Waals surface area contributed by atoms with Gasteiger partial charge in [-0.05, 0) is 57.2 Å². The summed E-state index contributed by atoms with van der Waals surface area (Å²) < 4.78 is 10.9. The van der Waals surface area contributed by atoms with Gasteiger partial charge in [-0.3, -0.25) is 4.79 Å². The van der Waals surface area contributed by atoms with Crippen LogP contribution in [0.4, 0.5) is 0 Å². The van der Waals surface area contributed by atoms with E-state index in [9.17, 15) is 14.7 Å². The number of piperidine rings is 1. The van der Waals surface area contributed by atoms with E-state index in [1.54, 1.807) is 7.11 Å². The summed E-state index contributed by atoms with van der Waals surface area (Å²) in [7, 11) is 1.59. The number of aliphatic hydroxyl groups is 1. The number of carbonyl (C=O) groups excluding carboxylic acids is 1. The molecule has 30 heavy (non-hydrogen) atoms. The SMILES string of the molecule is COc1ccc2c(C)c(CCC(=O)N3CC[C@@]4(O)CCCC[C@@H]4C3)c(=O)oc2c1C. The van der Waals surface area contributed by atoms with Crippen LogP contribution in [-0.4, -0.2) is 41.7 Å². The zero-order chi connectivity index (χ0) is 21.5. The fourth-order valence-electron chi connectivity index (χ4n) is 5.27. The highest BCUT2D eigenvalue weighted by molar-refractivity contribution is 5.86. The van der Waals surface area contributed by atoms with Crippen LogP contribution in [0.25, 0.3) is 11.0 Å². The third kappa shape index (κ3) is 3.62. The Morgan fingerprint density at radius 2 is 2.07 bits per heavy atom. The predicted octanol–water partition coefficient (Wildman–Crippen LogP) is 3.50. The zero-order valence-electron chi connectivity index (χ0n) is 18.1. The van der Waals surface area contributed by atoms with E-state index in [1.807, 2.05) is 30.9 Å². The van der Waals surface area contributed by atoms with Gasteiger partial charge in [0, 0.05) is 41.9 Å². The number of rotatable bonds is 4. The number of likely N-dealkylation sites (tertiary alicyclic amines) is 1. The molecule has 0 unspecified atom stereocenters. The first-order valence-electron chi connectivity index (χ1n) is 10.9. The second kappa shape index (κ2) is 8.06. The van der Waals surface area contributed by atoms with Gasteiger partial charge in [0.05, 0.1) is 12.7 Å². The summed E-state index contributed by atoms with van der Waals surface area (Å²) in [5, 5.41) is 11.7. The van der Waals surface area contributed by atoms with E-state index in [0.29, 0.717) is 42.8 Å². The average Bonchev–Trinajstić information content (AvgIpc) is 2.73. The maximum atomic E-state index is 12.9. The van der Waals surface area contributed by atoms with Gasteiger partial charge < -0.3 is 19.2 Å². The van der Waals surface area contributed by atoms with E-state index in [-0.39, 0.29) is 23.9 Å². The molecular formula is C24H31NO5. The number of amides is 1. The first-order chi connectivity index (χ1) is 14.3. The van der Waals surface area contributed by atoms with Crippen molar-refractivity contribution in [1.82, 2.24) is 4.90 Å². The molecule has 6 heteroatoms. The van der Waals surface area contributed by atoms with Crippen molar-refractivity contribution in [2.75, 3.05) is 20.2 Å². The molecule has 2 atom stereocenters. The lowest BCUT2D eigenvalue weighted by molar-refractivity contribution is -0.143. The maximum absolute atomic E-state index is 12.9. The van der Waals surface area contributed by atoms with Crippen molar-refractivity contribution in [2.45, 2.75) is 64.4 Å². The number of hydrogen-bond acceptors (Lipinski definition) is 5. The zero-order valence-corrected chi connectivity index (χ0v) is 18.1. The topological polar surface area (TPSA) is 80.0 Å². The molecule has 6 nitrogen and oxygen atoms in total. The van der Waals surface area contributed by atoms with Crippen molar-refractivity contribution < 1.29 is 19.1 Å². The fraction of sp³-hybridized carbons (Fsp3) is 0.583. The molecule has 2 aromatic rings. The van der Waals surface area contributed by atoms with E-state index in [0.717, 1.165) is 42.2 Å². The Balaban J connectivity index is 1.50. The summed E-state index contributed by atoms with van der Waals surface area (Å²) >= 11 is 0. The molecule has 1 aromatic heterocycles. The van der Waals surface area contributed by atoms with Crippen LogP contribution >= 0.6 is 0 Å². The average molecular weight is 414 g/mol. The number of methoxy groups -OCH3 is 1. The summed E-state index contributed by atoms with van der Waals surface area (Å²) in [5.74, 6) is 0.905. The minimum Gasteiger partial charge on any atom is -0.496 e. The standard InChI is InChI=1S/C24H31NO5/c1-15-18-7-9-20(29-3)16(2)22(18)30-23(27)19(15)8-10-21(26)25-13-12-24(28)11-5-4-6-17(24)14-25/h7,9,17,28H,4-6,8,10-14H2,1-3H3/t17-,24+/m1/s1. The van der Waals surface area contributed by atoms with Gasteiger partial charge in [0.2, 0.25) is 5.91 Å². The highest BCUT2D eigenvalue weighted by Crippen LogP contribution is 2.40. The summed E-state index contributed by atoms with van der Waals surface area (Å²) in [4.78, 5) is 27.4. The molecule has 1 aliphatic heterocycles. The van der Waals surface area contributed by atoms with Gasteiger partial charge in [-0.1, -0.05) is 12.8 Å². The molecule has 1 aliphatic carbocycles. The monoisotopic (exact) mass is 413 g/mol. The normalized spacial score (nSPS) is 24.0. The molecule has 0 bridgehead atoms. The number of benzene rings is 1. The van der Waals surface area contributed by atoms with Crippen molar-refractivity contribution in [3.05, 3.63) is 39.2 Å². The Morgan fingerprint density at radius 1 is 1.27 bits per heavy atom. The first-order valence-corrected chi connectivity index (χ1v) is 10.9. The van der Waals surface area contributed by atoms with Crippen molar-refractivity contribution >= 4 is 16.9 Å². The second-order valence-corrected chi connectivity index (χ2v) is 8.90.